The molecule has 48 valence electrons. The molecule has 0 unspecified atom stereocenters. The van der Waals surface area contributed by atoms with Gasteiger partial charge in [-0.1, -0.05) is 4.12 Å². The Balaban J connectivity index is 2.80. The van der Waals surface area contributed by atoms with Crippen LogP contribution in [0, 0.1) is 5.21 Å². The van der Waals surface area contributed by atoms with Crippen LogP contribution in [0.4, 0.5) is 0 Å². The van der Waals surface area contributed by atoms with E-state index in [1.54, 1.807) is 0 Å². The van der Waals surface area contributed by atoms with Gasteiger partial charge < -0.3 is 9.94 Å². The second-order valence-corrected chi connectivity index (χ2v) is 2.03. The highest BCUT2D eigenvalue weighted by atomic mass is 32.1. The molecule has 0 saturated heterocycles. The van der Waals surface area contributed by atoms with Gasteiger partial charge in [0.1, 0.15) is 11.5 Å². The molecule has 0 fully saturated rings. The number of hydrogen-bond donors (Lipinski definition) is 0. The molecule has 0 aromatic carbocycles. The predicted molar refractivity (Wildman–Crippen MR) is 30.0 cm³/mol. The van der Waals surface area contributed by atoms with Gasteiger partial charge in [-0.2, -0.15) is 0 Å². The molecule has 1 aromatic rings. The highest BCUT2D eigenvalue weighted by molar-refractivity contribution is 6.99. The first-order valence-electron chi connectivity index (χ1n) is 2.12. The van der Waals surface area contributed by atoms with Crippen molar-refractivity contribution in [3.05, 3.63) is 16.7 Å². The SMILES string of the molecule is O=COc1ccs[n+]1[O-]. The third kappa shape index (κ3) is 1.17. The summed E-state index contributed by atoms with van der Waals surface area (Å²) in [5, 5.41) is 12.0. The van der Waals surface area contributed by atoms with Gasteiger partial charge in [0.15, 0.2) is 0 Å². The fraction of sp³-hybridized carbons (Fsp3) is 0. The van der Waals surface area contributed by atoms with Gasteiger partial charge in [0.2, 0.25) is 0 Å². The van der Waals surface area contributed by atoms with Gasteiger partial charge in [0.05, 0.1) is 11.4 Å². The summed E-state index contributed by atoms with van der Waals surface area (Å²) in [5.41, 5.74) is 0. The van der Waals surface area contributed by atoms with Gasteiger partial charge in [-0.25, -0.2) is 0 Å². The molecule has 0 saturated carbocycles. The molecule has 0 atom stereocenters. The molecular formula is C4H3NO3S. The van der Waals surface area contributed by atoms with Crippen LogP contribution in [0.1, 0.15) is 0 Å². The first-order valence-corrected chi connectivity index (χ1v) is 2.96. The summed E-state index contributed by atoms with van der Waals surface area (Å²) in [6, 6.07) is 1.42. The largest absolute Gasteiger partial charge is 0.603 e. The summed E-state index contributed by atoms with van der Waals surface area (Å²) in [6.07, 6.45) is 0. The zero-order valence-electron chi connectivity index (χ0n) is 4.31. The van der Waals surface area contributed by atoms with Gasteiger partial charge in [-0.05, 0) is 0 Å². The normalized spacial score (nSPS) is 8.89. The lowest BCUT2D eigenvalue weighted by atomic mass is 10.7. The van der Waals surface area contributed by atoms with Gasteiger partial charge in [-0.3, -0.25) is 4.79 Å². The maximum absolute atomic E-state index is 10.5. The Morgan fingerprint density at radius 1 is 1.89 bits per heavy atom. The molecule has 0 spiro atoms. The average Bonchev–Trinajstić information content (AvgIpc) is 2.18. The molecule has 0 aliphatic carbocycles. The van der Waals surface area contributed by atoms with Crippen LogP contribution >= 0.6 is 11.5 Å². The summed E-state index contributed by atoms with van der Waals surface area (Å²) < 4.78 is 4.77. The van der Waals surface area contributed by atoms with Crippen molar-refractivity contribution in [2.45, 2.75) is 0 Å². The highest BCUT2D eigenvalue weighted by Crippen LogP contribution is 2.03. The molecule has 1 heterocycles. The molecule has 1 rings (SSSR count). The summed E-state index contributed by atoms with van der Waals surface area (Å²) >= 11 is 0.922. The Morgan fingerprint density at radius 3 is 3.11 bits per heavy atom. The molecule has 0 bridgehead atoms. The predicted octanol–water partition coefficient (Wildman–Crippen LogP) is -0.0833. The van der Waals surface area contributed by atoms with Gasteiger partial charge in [-0.15, -0.1) is 0 Å². The van der Waals surface area contributed by atoms with Gasteiger partial charge in [0.25, 0.3) is 0 Å². The number of aromatic nitrogens is 1. The van der Waals surface area contributed by atoms with Gasteiger partial charge >= 0.3 is 12.4 Å². The highest BCUT2D eigenvalue weighted by Gasteiger charge is 2.05. The fourth-order valence-corrected chi connectivity index (χ4v) is 0.884. The molecule has 1 aromatic heterocycles. The molecular weight excluding hydrogens is 142 g/mol. The van der Waals surface area contributed by atoms with Crippen molar-refractivity contribution >= 4 is 18.0 Å². The van der Waals surface area contributed by atoms with Gasteiger partial charge in [0, 0.05) is 0 Å². The number of hydrogen-bond acceptors (Lipinski definition) is 4. The van der Waals surface area contributed by atoms with Crippen molar-refractivity contribution in [3.63, 3.8) is 0 Å². The Labute approximate surface area is 55.0 Å². The first-order chi connectivity index (χ1) is 4.34. The van der Waals surface area contributed by atoms with E-state index in [1.807, 2.05) is 0 Å². The zero-order chi connectivity index (χ0) is 6.69. The second kappa shape index (κ2) is 2.45. The van der Waals surface area contributed by atoms with E-state index in [9.17, 15) is 10.0 Å². The number of ether oxygens (including phenoxy) is 1. The molecule has 0 amide bonds. The van der Waals surface area contributed by atoms with Crippen LogP contribution in [0.15, 0.2) is 11.4 Å². The van der Waals surface area contributed by atoms with E-state index in [2.05, 4.69) is 4.74 Å². The lowest BCUT2D eigenvalue weighted by Crippen LogP contribution is -2.21. The van der Waals surface area contributed by atoms with Crippen molar-refractivity contribution in [1.82, 2.24) is 0 Å². The minimum absolute atomic E-state index is 0.0231. The summed E-state index contributed by atoms with van der Waals surface area (Å²) in [7, 11) is 0. The van der Waals surface area contributed by atoms with E-state index >= 15 is 0 Å². The third-order valence-electron chi connectivity index (χ3n) is 0.716. The van der Waals surface area contributed by atoms with E-state index in [0.29, 0.717) is 4.12 Å². The molecule has 4 nitrogen and oxygen atoms in total. The van der Waals surface area contributed by atoms with Crippen LogP contribution in [0.3, 0.4) is 0 Å². The number of carbonyl (C=O) groups is 1. The Morgan fingerprint density at radius 2 is 2.67 bits per heavy atom. The van der Waals surface area contributed by atoms with Crippen LogP contribution < -0.4 is 8.86 Å². The second-order valence-electron chi connectivity index (χ2n) is 1.22. The maximum Gasteiger partial charge on any atom is 0.401 e. The van der Waals surface area contributed by atoms with Crippen LogP contribution in [-0.2, 0) is 4.79 Å². The first kappa shape index (κ1) is 6.03. The molecule has 0 aliphatic rings. The van der Waals surface area contributed by atoms with E-state index in [-0.39, 0.29) is 12.4 Å². The quantitative estimate of drug-likeness (QED) is 0.332. The van der Waals surface area contributed by atoms with Crippen LogP contribution in [0.2, 0.25) is 0 Å². The fourth-order valence-electron chi connectivity index (χ4n) is 0.388. The minimum Gasteiger partial charge on any atom is -0.603 e. The Bertz CT molecular complexity index is 209. The van der Waals surface area contributed by atoms with E-state index in [4.69, 9.17) is 0 Å². The lowest BCUT2D eigenvalue weighted by Gasteiger charge is -1.89. The molecule has 0 radical (unpaired) electrons. The van der Waals surface area contributed by atoms with Crippen molar-refractivity contribution in [3.8, 4) is 5.88 Å². The van der Waals surface area contributed by atoms with Crippen molar-refractivity contribution < 1.29 is 13.7 Å². The van der Waals surface area contributed by atoms with E-state index in [1.165, 1.54) is 11.4 Å². The minimum atomic E-state index is 0.0231. The third-order valence-corrected chi connectivity index (χ3v) is 1.35. The molecule has 5 heteroatoms. The summed E-state index contributed by atoms with van der Waals surface area (Å²) in [5.74, 6) is 0.0231. The van der Waals surface area contributed by atoms with E-state index < -0.39 is 0 Å². The molecule has 9 heavy (non-hydrogen) atoms. The summed E-state index contributed by atoms with van der Waals surface area (Å²) in [6.45, 7) is 0.219. The van der Waals surface area contributed by atoms with Crippen LogP contribution in [0.25, 0.3) is 0 Å². The molecule has 0 aliphatic heterocycles. The maximum atomic E-state index is 10.5. The van der Waals surface area contributed by atoms with Crippen molar-refractivity contribution in [1.29, 1.82) is 0 Å². The number of nitrogens with zero attached hydrogens (tertiary/aromatic N) is 1. The van der Waals surface area contributed by atoms with Crippen molar-refractivity contribution in [2.24, 2.45) is 0 Å². The van der Waals surface area contributed by atoms with Crippen LogP contribution in [0.5, 0.6) is 5.88 Å². The zero-order valence-corrected chi connectivity index (χ0v) is 5.13. The van der Waals surface area contributed by atoms with Crippen LogP contribution in [-0.4, -0.2) is 6.47 Å². The average molecular weight is 145 g/mol. The van der Waals surface area contributed by atoms with Crippen molar-refractivity contribution in [2.75, 3.05) is 0 Å². The smallest absolute Gasteiger partial charge is 0.401 e. The topological polar surface area (TPSA) is 53.2 Å². The lowest BCUT2D eigenvalue weighted by molar-refractivity contribution is -0.536. The number of rotatable bonds is 2. The number of carbonyl (C=O) groups excluding carboxylic acids is 1. The Kier molecular flexibility index (Phi) is 1.64. The monoisotopic (exact) mass is 145 g/mol. The molecule has 0 N–H and O–H groups in total. The van der Waals surface area contributed by atoms with E-state index in [0.717, 1.165) is 11.5 Å². The summed E-state index contributed by atoms with van der Waals surface area (Å²) in [4.78, 5) is 9.65. The standard InChI is InChI=1S/C4H3NO3S/c6-3-8-4-1-2-9-5(4)7/h1-3H. The Hall–Kier alpha value is -1.10.